The lowest BCUT2D eigenvalue weighted by Crippen LogP contribution is -2.47. The SMILES string of the molecule is Cc1c(C2c3ccccc3C(=O)N2CC(=O)NNC(=O)c2ccncc2)c2ccccc2n1C. The highest BCUT2D eigenvalue weighted by Crippen LogP contribution is 2.43. The summed E-state index contributed by atoms with van der Waals surface area (Å²) >= 11 is 0. The summed E-state index contributed by atoms with van der Waals surface area (Å²) in [5.74, 6) is -1.18. The van der Waals surface area contributed by atoms with Gasteiger partial charge in [0.15, 0.2) is 0 Å². The molecule has 3 heterocycles. The topological polar surface area (TPSA) is 96.3 Å². The number of hydrogen-bond acceptors (Lipinski definition) is 4. The molecule has 1 aliphatic heterocycles. The minimum absolute atomic E-state index is 0.211. The van der Waals surface area contributed by atoms with E-state index in [0.717, 1.165) is 27.7 Å². The van der Waals surface area contributed by atoms with Crippen LogP contribution in [0.15, 0.2) is 73.1 Å². The molecule has 8 nitrogen and oxygen atoms in total. The Balaban J connectivity index is 1.46. The molecule has 8 heteroatoms. The minimum Gasteiger partial charge on any atom is -0.348 e. The highest BCUT2D eigenvalue weighted by molar-refractivity contribution is 6.03. The molecule has 170 valence electrons. The first-order chi connectivity index (χ1) is 16.5. The number of carbonyl (C=O) groups is 3. The van der Waals surface area contributed by atoms with E-state index in [-0.39, 0.29) is 12.5 Å². The maximum atomic E-state index is 13.4. The Bertz CT molecular complexity index is 1430. The first kappa shape index (κ1) is 21.4. The summed E-state index contributed by atoms with van der Waals surface area (Å²) in [6.45, 7) is 1.81. The van der Waals surface area contributed by atoms with Crippen LogP contribution in [-0.2, 0) is 11.8 Å². The number of nitrogens with zero attached hydrogens (tertiary/aromatic N) is 3. The Morgan fingerprint density at radius 1 is 0.971 bits per heavy atom. The van der Waals surface area contributed by atoms with Crippen LogP contribution in [0.1, 0.15) is 43.6 Å². The highest BCUT2D eigenvalue weighted by Gasteiger charge is 2.40. The number of hydrazine groups is 1. The fraction of sp³-hybridized carbons (Fsp3) is 0.154. The number of hydrogen-bond donors (Lipinski definition) is 2. The smallest absolute Gasteiger partial charge is 0.269 e. The molecule has 1 atom stereocenters. The van der Waals surface area contributed by atoms with Gasteiger partial charge in [-0.1, -0.05) is 36.4 Å². The predicted molar refractivity (Wildman–Crippen MR) is 127 cm³/mol. The van der Waals surface area contributed by atoms with Crippen molar-refractivity contribution in [1.29, 1.82) is 0 Å². The molecule has 0 spiro atoms. The fourth-order valence-electron chi connectivity index (χ4n) is 4.64. The molecule has 3 amide bonds. The van der Waals surface area contributed by atoms with Crippen LogP contribution in [-0.4, -0.2) is 38.7 Å². The number of aryl methyl sites for hydroxylation is 1. The van der Waals surface area contributed by atoms with Gasteiger partial charge in [-0.25, -0.2) is 0 Å². The molecule has 0 aliphatic carbocycles. The number of carbonyl (C=O) groups excluding carboxylic acids is 3. The van der Waals surface area contributed by atoms with Gasteiger partial charge in [0, 0.05) is 52.7 Å². The maximum Gasteiger partial charge on any atom is 0.269 e. The molecule has 0 radical (unpaired) electrons. The standard InChI is InChI=1S/C26H23N5O3/c1-16-23(20-9-5-6-10-21(20)30(16)2)24-18-7-3-4-8-19(18)26(34)31(24)15-22(32)28-29-25(33)17-11-13-27-14-12-17/h3-14,24H,15H2,1-2H3,(H,28,32)(H,29,33). The van der Waals surface area contributed by atoms with Crippen molar-refractivity contribution in [3.05, 3.63) is 101 Å². The zero-order valence-electron chi connectivity index (χ0n) is 18.8. The predicted octanol–water partition coefficient (Wildman–Crippen LogP) is 2.89. The lowest BCUT2D eigenvalue weighted by Gasteiger charge is -2.26. The van der Waals surface area contributed by atoms with E-state index < -0.39 is 17.9 Å². The normalized spacial score (nSPS) is 14.8. The summed E-state index contributed by atoms with van der Waals surface area (Å²) in [6.07, 6.45) is 2.99. The minimum atomic E-state index is -0.494. The van der Waals surface area contributed by atoms with Crippen molar-refractivity contribution in [2.24, 2.45) is 7.05 Å². The van der Waals surface area contributed by atoms with Gasteiger partial charge in [0.05, 0.1) is 6.04 Å². The van der Waals surface area contributed by atoms with Gasteiger partial charge in [-0.3, -0.25) is 30.2 Å². The molecule has 2 N–H and O–H groups in total. The van der Waals surface area contributed by atoms with Crippen LogP contribution in [0.5, 0.6) is 0 Å². The quantitative estimate of drug-likeness (QED) is 0.465. The van der Waals surface area contributed by atoms with Gasteiger partial charge in [-0.2, -0.15) is 0 Å². The van der Waals surface area contributed by atoms with Gasteiger partial charge < -0.3 is 9.47 Å². The van der Waals surface area contributed by atoms with Crippen molar-refractivity contribution < 1.29 is 14.4 Å². The lowest BCUT2D eigenvalue weighted by atomic mass is 9.95. The number of amides is 3. The van der Waals surface area contributed by atoms with Crippen molar-refractivity contribution in [2.45, 2.75) is 13.0 Å². The summed E-state index contributed by atoms with van der Waals surface area (Å²) in [5.41, 5.74) is 9.70. The van der Waals surface area contributed by atoms with Crippen molar-refractivity contribution in [3.8, 4) is 0 Å². The zero-order chi connectivity index (χ0) is 23.8. The summed E-state index contributed by atoms with van der Waals surface area (Å²) < 4.78 is 2.10. The van der Waals surface area contributed by atoms with Gasteiger partial charge in [0.1, 0.15) is 6.54 Å². The van der Waals surface area contributed by atoms with Crippen molar-refractivity contribution in [1.82, 2.24) is 25.3 Å². The molecule has 0 bridgehead atoms. The highest BCUT2D eigenvalue weighted by atomic mass is 16.2. The van der Waals surface area contributed by atoms with E-state index >= 15 is 0 Å². The van der Waals surface area contributed by atoms with E-state index in [1.54, 1.807) is 23.1 Å². The second kappa shape index (κ2) is 8.47. The molecule has 1 unspecified atom stereocenters. The second-order valence-corrected chi connectivity index (χ2v) is 8.24. The van der Waals surface area contributed by atoms with Gasteiger partial charge in [0.2, 0.25) is 0 Å². The Morgan fingerprint density at radius 3 is 2.47 bits per heavy atom. The Hall–Kier alpha value is -4.46. The number of aromatic nitrogens is 2. The Kier molecular flexibility index (Phi) is 5.33. The summed E-state index contributed by atoms with van der Waals surface area (Å²) in [7, 11) is 2.00. The molecule has 1 aliphatic rings. The molecule has 2 aromatic heterocycles. The molecule has 0 saturated carbocycles. The molecule has 4 aromatic rings. The Labute approximate surface area is 196 Å². The van der Waals surface area contributed by atoms with Crippen molar-refractivity contribution in [2.75, 3.05) is 6.54 Å². The van der Waals surface area contributed by atoms with E-state index in [0.29, 0.717) is 11.1 Å². The first-order valence-electron chi connectivity index (χ1n) is 10.9. The van der Waals surface area contributed by atoms with Crippen LogP contribution >= 0.6 is 0 Å². The molecular weight excluding hydrogens is 430 g/mol. The first-order valence-corrected chi connectivity index (χ1v) is 10.9. The molecule has 34 heavy (non-hydrogen) atoms. The molecule has 0 saturated heterocycles. The average Bonchev–Trinajstić information content (AvgIpc) is 3.28. The number of benzene rings is 2. The van der Waals surface area contributed by atoms with Gasteiger partial charge in [-0.15, -0.1) is 0 Å². The molecule has 2 aromatic carbocycles. The van der Waals surface area contributed by atoms with Gasteiger partial charge in [0.25, 0.3) is 17.7 Å². The number of nitrogens with one attached hydrogen (secondary N) is 2. The lowest BCUT2D eigenvalue weighted by molar-refractivity contribution is -0.122. The van der Waals surface area contributed by atoms with E-state index in [1.165, 1.54) is 12.4 Å². The number of rotatable bonds is 4. The summed E-state index contributed by atoms with van der Waals surface area (Å²) in [6, 6.07) is 18.1. The van der Waals surface area contributed by atoms with Crippen LogP contribution in [0.25, 0.3) is 10.9 Å². The number of para-hydroxylation sites is 1. The van der Waals surface area contributed by atoms with Crippen LogP contribution in [0.2, 0.25) is 0 Å². The largest absolute Gasteiger partial charge is 0.348 e. The maximum absolute atomic E-state index is 13.4. The zero-order valence-corrected chi connectivity index (χ0v) is 18.8. The third kappa shape index (κ3) is 3.49. The van der Waals surface area contributed by atoms with Crippen molar-refractivity contribution >= 4 is 28.6 Å². The fourth-order valence-corrected chi connectivity index (χ4v) is 4.64. The number of pyridine rings is 1. The molecule has 0 fully saturated rings. The van der Waals surface area contributed by atoms with Crippen LogP contribution < -0.4 is 10.9 Å². The summed E-state index contributed by atoms with van der Waals surface area (Å²) in [5, 5.41) is 1.04. The third-order valence-corrected chi connectivity index (χ3v) is 6.35. The van der Waals surface area contributed by atoms with E-state index in [4.69, 9.17) is 0 Å². The van der Waals surface area contributed by atoms with E-state index in [9.17, 15) is 14.4 Å². The second-order valence-electron chi connectivity index (χ2n) is 8.24. The van der Waals surface area contributed by atoms with Gasteiger partial charge in [-0.05, 0) is 36.8 Å². The number of fused-ring (bicyclic) bond motifs is 2. The third-order valence-electron chi connectivity index (χ3n) is 6.35. The van der Waals surface area contributed by atoms with Crippen molar-refractivity contribution in [3.63, 3.8) is 0 Å². The van der Waals surface area contributed by atoms with E-state index in [2.05, 4.69) is 20.4 Å². The van der Waals surface area contributed by atoms with Crippen LogP contribution in [0, 0.1) is 6.92 Å². The summed E-state index contributed by atoms with van der Waals surface area (Å²) in [4.78, 5) is 43.9. The van der Waals surface area contributed by atoms with E-state index in [1.807, 2.05) is 56.4 Å². The van der Waals surface area contributed by atoms with Gasteiger partial charge >= 0.3 is 0 Å². The monoisotopic (exact) mass is 453 g/mol. The molecular formula is C26H23N5O3. The van der Waals surface area contributed by atoms with Crippen LogP contribution in [0.3, 0.4) is 0 Å². The molecule has 5 rings (SSSR count). The Morgan fingerprint density at radius 2 is 1.68 bits per heavy atom. The average molecular weight is 454 g/mol. The van der Waals surface area contributed by atoms with Crippen LogP contribution in [0.4, 0.5) is 0 Å².